The summed E-state index contributed by atoms with van der Waals surface area (Å²) in [5, 5.41) is 12.3. The lowest BCUT2D eigenvalue weighted by Crippen LogP contribution is -2.51. The lowest BCUT2D eigenvalue weighted by Gasteiger charge is -2.32. The fourth-order valence-electron chi connectivity index (χ4n) is 1.56. The third kappa shape index (κ3) is 4.64. The van der Waals surface area contributed by atoms with E-state index >= 15 is 0 Å². The van der Waals surface area contributed by atoms with Gasteiger partial charge < -0.3 is 16.2 Å². The highest BCUT2D eigenvalue weighted by Gasteiger charge is 2.30. The van der Waals surface area contributed by atoms with Gasteiger partial charge >= 0.3 is 0 Å². The molecule has 1 amide bonds. The van der Waals surface area contributed by atoms with Gasteiger partial charge in [-0.25, -0.2) is 0 Å². The van der Waals surface area contributed by atoms with Crippen LogP contribution in [-0.2, 0) is 4.79 Å². The Labute approximate surface area is 105 Å². The van der Waals surface area contributed by atoms with Crippen LogP contribution in [0.4, 0.5) is 0 Å². The lowest BCUT2D eigenvalue weighted by molar-refractivity contribution is -0.125. The summed E-state index contributed by atoms with van der Waals surface area (Å²) in [4.78, 5) is 11.9. The molecule has 0 saturated heterocycles. The number of aliphatic hydroxyl groups is 1. The molecule has 0 bridgehead atoms. The van der Waals surface area contributed by atoms with Crippen LogP contribution >= 0.6 is 0 Å². The van der Waals surface area contributed by atoms with Gasteiger partial charge in [-0.1, -0.05) is 34.6 Å². The van der Waals surface area contributed by atoms with Gasteiger partial charge in [0.15, 0.2) is 0 Å². The highest BCUT2D eigenvalue weighted by Crippen LogP contribution is 2.24. The van der Waals surface area contributed by atoms with Gasteiger partial charge in [0.1, 0.15) is 0 Å². The smallest absolute Gasteiger partial charge is 0.237 e. The van der Waals surface area contributed by atoms with Crippen LogP contribution in [0.2, 0.25) is 0 Å². The van der Waals surface area contributed by atoms with E-state index in [-0.39, 0.29) is 23.3 Å². The number of amides is 1. The average Bonchev–Trinajstić information content (AvgIpc) is 2.29. The Bertz CT molecular complexity index is 234. The van der Waals surface area contributed by atoms with Gasteiger partial charge in [-0.15, -0.1) is 0 Å². The second-order valence-electron chi connectivity index (χ2n) is 5.93. The van der Waals surface area contributed by atoms with Crippen molar-refractivity contribution in [2.75, 3.05) is 13.2 Å². The third-order valence-electron chi connectivity index (χ3n) is 3.69. The van der Waals surface area contributed by atoms with Gasteiger partial charge in [-0.05, 0) is 18.3 Å². The second kappa shape index (κ2) is 6.36. The Kier molecular flexibility index (Phi) is 6.13. The number of hydrogen-bond acceptors (Lipinski definition) is 3. The van der Waals surface area contributed by atoms with E-state index in [1.165, 1.54) is 0 Å². The number of nitrogens with one attached hydrogen (secondary N) is 1. The molecule has 0 aromatic heterocycles. The van der Waals surface area contributed by atoms with E-state index < -0.39 is 6.04 Å². The van der Waals surface area contributed by atoms with Crippen molar-refractivity contribution < 1.29 is 9.90 Å². The normalized spacial score (nSPS) is 14.5. The van der Waals surface area contributed by atoms with E-state index in [9.17, 15) is 9.90 Å². The highest BCUT2D eigenvalue weighted by atomic mass is 16.3. The third-order valence-corrected chi connectivity index (χ3v) is 3.69. The second-order valence-corrected chi connectivity index (χ2v) is 5.93. The Balaban J connectivity index is 4.42. The van der Waals surface area contributed by atoms with Gasteiger partial charge in [0.05, 0.1) is 12.6 Å². The van der Waals surface area contributed by atoms with Crippen molar-refractivity contribution in [3.63, 3.8) is 0 Å². The molecule has 0 fully saturated rings. The Hall–Kier alpha value is -0.610. The van der Waals surface area contributed by atoms with Crippen molar-refractivity contribution in [1.29, 1.82) is 0 Å². The molecule has 0 saturated carbocycles. The van der Waals surface area contributed by atoms with Gasteiger partial charge in [-0.2, -0.15) is 0 Å². The number of aliphatic hydroxyl groups excluding tert-OH is 1. The maximum absolute atomic E-state index is 11.9. The van der Waals surface area contributed by atoms with Crippen molar-refractivity contribution in [2.24, 2.45) is 16.6 Å². The Morgan fingerprint density at radius 1 is 1.29 bits per heavy atom. The number of carbonyl (C=O) groups excluding carboxylic acids is 1. The molecule has 0 aliphatic heterocycles. The van der Waals surface area contributed by atoms with Crippen molar-refractivity contribution in [2.45, 2.75) is 53.5 Å². The first-order valence-electron chi connectivity index (χ1n) is 6.36. The van der Waals surface area contributed by atoms with Crippen molar-refractivity contribution in [3.8, 4) is 0 Å². The molecule has 1 unspecified atom stereocenters. The summed E-state index contributed by atoms with van der Waals surface area (Å²) in [6, 6.07) is -0.521. The average molecular weight is 244 g/mol. The largest absolute Gasteiger partial charge is 0.396 e. The van der Waals surface area contributed by atoms with Crippen LogP contribution in [0, 0.1) is 10.8 Å². The zero-order chi connectivity index (χ0) is 13.7. The van der Waals surface area contributed by atoms with Crippen molar-refractivity contribution >= 4 is 5.91 Å². The number of hydrogen-bond donors (Lipinski definition) is 3. The van der Waals surface area contributed by atoms with Gasteiger partial charge in [0.25, 0.3) is 0 Å². The van der Waals surface area contributed by atoms with Crippen LogP contribution in [0.1, 0.15) is 47.5 Å². The van der Waals surface area contributed by atoms with Crippen LogP contribution in [-0.4, -0.2) is 30.2 Å². The van der Waals surface area contributed by atoms with E-state index in [2.05, 4.69) is 5.32 Å². The SMILES string of the molecule is CCC(CC)(CO)CNC(=O)C(N)C(C)(C)C. The fraction of sp³-hybridized carbons (Fsp3) is 0.923. The first kappa shape index (κ1) is 16.4. The summed E-state index contributed by atoms with van der Waals surface area (Å²) in [6.45, 7) is 10.4. The van der Waals surface area contributed by atoms with Gasteiger partial charge in [0, 0.05) is 12.0 Å². The molecule has 4 nitrogen and oxygen atoms in total. The van der Waals surface area contributed by atoms with Crippen LogP contribution in [0.5, 0.6) is 0 Å². The van der Waals surface area contributed by atoms with Crippen molar-refractivity contribution in [1.82, 2.24) is 5.32 Å². The predicted molar refractivity (Wildman–Crippen MR) is 70.5 cm³/mol. The van der Waals surface area contributed by atoms with Crippen LogP contribution in [0.15, 0.2) is 0 Å². The molecule has 0 aliphatic rings. The summed E-state index contributed by atoms with van der Waals surface area (Å²) < 4.78 is 0. The van der Waals surface area contributed by atoms with E-state index in [0.717, 1.165) is 12.8 Å². The molecule has 0 rings (SSSR count). The number of rotatable bonds is 6. The molecule has 1 atom stereocenters. The zero-order valence-corrected chi connectivity index (χ0v) is 11.8. The number of nitrogens with two attached hydrogens (primary N) is 1. The van der Waals surface area contributed by atoms with E-state index in [1.807, 2.05) is 34.6 Å². The summed E-state index contributed by atoms with van der Waals surface area (Å²) >= 11 is 0. The maximum Gasteiger partial charge on any atom is 0.237 e. The standard InChI is InChI=1S/C13H28N2O2/c1-6-13(7-2,9-16)8-15-11(17)10(14)12(3,4)5/h10,16H,6-9,14H2,1-5H3,(H,15,17). The molecule has 0 aromatic rings. The van der Waals surface area contributed by atoms with Gasteiger partial charge in [-0.3, -0.25) is 4.79 Å². The summed E-state index contributed by atoms with van der Waals surface area (Å²) in [5.74, 6) is -0.141. The summed E-state index contributed by atoms with van der Waals surface area (Å²) in [5.41, 5.74) is 5.41. The van der Waals surface area contributed by atoms with Crippen molar-refractivity contribution in [3.05, 3.63) is 0 Å². The number of carbonyl (C=O) groups is 1. The van der Waals surface area contributed by atoms with Crippen LogP contribution in [0.25, 0.3) is 0 Å². The molecule has 0 heterocycles. The zero-order valence-electron chi connectivity index (χ0n) is 11.8. The van der Waals surface area contributed by atoms with E-state index in [0.29, 0.717) is 6.54 Å². The van der Waals surface area contributed by atoms with Crippen LogP contribution < -0.4 is 11.1 Å². The van der Waals surface area contributed by atoms with Gasteiger partial charge in [0.2, 0.25) is 5.91 Å². The molecule has 17 heavy (non-hydrogen) atoms. The quantitative estimate of drug-likeness (QED) is 0.658. The molecule has 0 spiro atoms. The molecule has 102 valence electrons. The maximum atomic E-state index is 11.9. The molecule has 4 N–H and O–H groups in total. The summed E-state index contributed by atoms with van der Waals surface area (Å²) in [7, 11) is 0. The molecule has 0 radical (unpaired) electrons. The highest BCUT2D eigenvalue weighted by molar-refractivity contribution is 5.82. The molecule has 0 aromatic carbocycles. The topological polar surface area (TPSA) is 75.3 Å². The first-order chi connectivity index (χ1) is 7.72. The minimum atomic E-state index is -0.521. The Morgan fingerprint density at radius 2 is 1.76 bits per heavy atom. The predicted octanol–water partition coefficient (Wildman–Crippen LogP) is 1.27. The summed E-state index contributed by atoms with van der Waals surface area (Å²) in [6.07, 6.45) is 1.68. The monoisotopic (exact) mass is 244 g/mol. The van der Waals surface area contributed by atoms with E-state index in [4.69, 9.17) is 5.73 Å². The molecular formula is C13H28N2O2. The van der Waals surface area contributed by atoms with E-state index in [1.54, 1.807) is 0 Å². The first-order valence-corrected chi connectivity index (χ1v) is 6.36. The lowest BCUT2D eigenvalue weighted by atomic mass is 9.82. The fourth-order valence-corrected chi connectivity index (χ4v) is 1.56. The molecule has 0 aliphatic carbocycles. The Morgan fingerprint density at radius 3 is 2.06 bits per heavy atom. The van der Waals surface area contributed by atoms with Crippen LogP contribution in [0.3, 0.4) is 0 Å². The minimum absolute atomic E-state index is 0.0883. The minimum Gasteiger partial charge on any atom is -0.396 e. The molecule has 4 heteroatoms. The molecular weight excluding hydrogens is 216 g/mol.